The van der Waals surface area contributed by atoms with E-state index < -0.39 is 15.2 Å². The number of hydrogen-bond donors (Lipinski definition) is 0. The zero-order chi connectivity index (χ0) is 14.0. The molecular formula is C11H14BrNO4S2. The van der Waals surface area contributed by atoms with Gasteiger partial charge in [-0.2, -0.15) is 11.8 Å². The van der Waals surface area contributed by atoms with Gasteiger partial charge in [0.15, 0.2) is 20.3 Å². The topological polar surface area (TPSA) is 67.6 Å². The van der Waals surface area contributed by atoms with Crippen LogP contribution in [0.15, 0.2) is 21.2 Å². The van der Waals surface area contributed by atoms with Crippen molar-refractivity contribution in [3.8, 4) is 0 Å². The van der Waals surface area contributed by atoms with Crippen LogP contribution in [0.1, 0.15) is 17.5 Å². The molecule has 1 amide bonds. The van der Waals surface area contributed by atoms with Crippen LogP contribution in [0.4, 0.5) is 0 Å². The van der Waals surface area contributed by atoms with Crippen molar-refractivity contribution >= 4 is 43.4 Å². The predicted octanol–water partition coefficient (Wildman–Crippen LogP) is 1.99. The monoisotopic (exact) mass is 367 g/mol. The molecule has 1 aliphatic heterocycles. The van der Waals surface area contributed by atoms with Gasteiger partial charge in [-0.1, -0.05) is 6.92 Å². The largest absolute Gasteiger partial charge is 0.444 e. The van der Waals surface area contributed by atoms with E-state index >= 15 is 0 Å². The van der Waals surface area contributed by atoms with Crippen LogP contribution in [-0.2, 0) is 9.84 Å². The molecule has 0 N–H and O–H groups in total. The van der Waals surface area contributed by atoms with Crippen molar-refractivity contribution in [1.29, 1.82) is 0 Å². The second kappa shape index (κ2) is 5.88. The van der Waals surface area contributed by atoms with E-state index in [1.807, 2.05) is 0 Å². The number of halogens is 1. The molecule has 5 nitrogen and oxygen atoms in total. The summed E-state index contributed by atoms with van der Waals surface area (Å²) in [6, 6.07) is 3.17. The van der Waals surface area contributed by atoms with Crippen LogP contribution in [0, 0.1) is 0 Å². The van der Waals surface area contributed by atoms with Crippen LogP contribution in [0.2, 0.25) is 0 Å². The summed E-state index contributed by atoms with van der Waals surface area (Å²) in [6.07, 6.45) is 0. The molecule has 1 aromatic heterocycles. The summed E-state index contributed by atoms with van der Waals surface area (Å²) in [4.78, 5) is 13.7. The molecule has 1 aliphatic rings. The maximum atomic E-state index is 12.3. The van der Waals surface area contributed by atoms with E-state index in [0.29, 0.717) is 17.0 Å². The number of nitrogens with zero attached hydrogens (tertiary/aromatic N) is 1. The van der Waals surface area contributed by atoms with E-state index in [4.69, 9.17) is 4.42 Å². The van der Waals surface area contributed by atoms with Gasteiger partial charge in [0.05, 0.1) is 0 Å². The molecule has 0 saturated carbocycles. The third kappa shape index (κ3) is 3.17. The molecule has 1 unspecified atom stereocenters. The van der Waals surface area contributed by atoms with Gasteiger partial charge >= 0.3 is 0 Å². The molecule has 0 radical (unpaired) electrons. The Hall–Kier alpha value is -0.470. The molecule has 106 valence electrons. The molecule has 0 aromatic carbocycles. The molecular weight excluding hydrogens is 354 g/mol. The molecule has 19 heavy (non-hydrogen) atoms. The second-order valence-corrected chi connectivity index (χ2v) is 8.46. The van der Waals surface area contributed by atoms with Gasteiger partial charge in [-0.3, -0.25) is 4.79 Å². The predicted molar refractivity (Wildman–Crippen MR) is 78.0 cm³/mol. The molecule has 2 heterocycles. The smallest absolute Gasteiger partial charge is 0.290 e. The Bertz CT molecular complexity index is 569. The van der Waals surface area contributed by atoms with Gasteiger partial charge in [0.1, 0.15) is 5.37 Å². The highest BCUT2D eigenvalue weighted by Crippen LogP contribution is 2.24. The average Bonchev–Trinajstić information content (AvgIpc) is 2.84. The number of amides is 1. The first-order valence-electron chi connectivity index (χ1n) is 5.81. The molecule has 0 spiro atoms. The fraction of sp³-hybridized carbons (Fsp3) is 0.545. The van der Waals surface area contributed by atoms with Gasteiger partial charge in [0.25, 0.3) is 5.91 Å². The van der Waals surface area contributed by atoms with Crippen molar-refractivity contribution in [2.45, 2.75) is 12.3 Å². The van der Waals surface area contributed by atoms with Crippen LogP contribution in [0.5, 0.6) is 0 Å². The van der Waals surface area contributed by atoms with E-state index in [2.05, 4.69) is 15.9 Å². The van der Waals surface area contributed by atoms with Crippen molar-refractivity contribution in [2.75, 3.05) is 23.8 Å². The third-order valence-electron chi connectivity index (χ3n) is 2.95. The van der Waals surface area contributed by atoms with E-state index in [1.54, 1.807) is 30.8 Å². The summed E-state index contributed by atoms with van der Waals surface area (Å²) in [5, 5.41) is -0.757. The fourth-order valence-corrected chi connectivity index (χ4v) is 5.15. The van der Waals surface area contributed by atoms with E-state index in [-0.39, 0.29) is 17.4 Å². The number of furan rings is 1. The average molecular weight is 368 g/mol. The Morgan fingerprint density at radius 1 is 1.58 bits per heavy atom. The van der Waals surface area contributed by atoms with Crippen molar-refractivity contribution in [3.63, 3.8) is 0 Å². The molecule has 0 aliphatic carbocycles. The van der Waals surface area contributed by atoms with Crippen LogP contribution in [0.3, 0.4) is 0 Å². The standard InChI is InChI=1S/C11H14BrNO4S2/c1-2-19(15,16)10-7-18-6-5-13(10)11(14)8-3-4-9(12)17-8/h3-4,10H,2,5-7H2,1H3. The van der Waals surface area contributed by atoms with Gasteiger partial charge < -0.3 is 9.32 Å². The third-order valence-corrected chi connectivity index (χ3v) is 6.66. The minimum absolute atomic E-state index is 0.0316. The maximum absolute atomic E-state index is 12.3. The highest BCUT2D eigenvalue weighted by atomic mass is 79.9. The minimum Gasteiger partial charge on any atom is -0.444 e. The SMILES string of the molecule is CCS(=O)(=O)C1CSCCN1C(=O)c1ccc(Br)o1. The van der Waals surface area contributed by atoms with Gasteiger partial charge in [0, 0.05) is 23.8 Å². The second-order valence-electron chi connectivity index (χ2n) is 4.08. The van der Waals surface area contributed by atoms with Crippen LogP contribution in [0.25, 0.3) is 0 Å². The lowest BCUT2D eigenvalue weighted by atomic mass is 10.3. The number of hydrogen-bond acceptors (Lipinski definition) is 5. The Balaban J connectivity index is 2.27. The summed E-state index contributed by atoms with van der Waals surface area (Å²) in [5.41, 5.74) is 0. The summed E-state index contributed by atoms with van der Waals surface area (Å²) < 4.78 is 29.8. The van der Waals surface area contributed by atoms with E-state index in [1.165, 1.54) is 4.90 Å². The van der Waals surface area contributed by atoms with Crippen molar-refractivity contribution < 1.29 is 17.6 Å². The van der Waals surface area contributed by atoms with Gasteiger partial charge in [-0.05, 0) is 28.1 Å². The Kier molecular flexibility index (Phi) is 4.62. The highest BCUT2D eigenvalue weighted by Gasteiger charge is 2.37. The molecule has 1 fully saturated rings. The van der Waals surface area contributed by atoms with Gasteiger partial charge in [-0.25, -0.2) is 8.42 Å². The molecule has 0 bridgehead atoms. The van der Waals surface area contributed by atoms with Crippen molar-refractivity contribution in [1.82, 2.24) is 4.90 Å². The summed E-state index contributed by atoms with van der Waals surface area (Å²) in [5.74, 6) is 0.986. The normalized spacial score (nSPS) is 20.5. The Morgan fingerprint density at radius 3 is 2.89 bits per heavy atom. The number of sulfone groups is 1. The van der Waals surface area contributed by atoms with Crippen LogP contribution in [-0.4, -0.2) is 48.4 Å². The summed E-state index contributed by atoms with van der Waals surface area (Å²) >= 11 is 4.69. The molecule has 8 heteroatoms. The van der Waals surface area contributed by atoms with Gasteiger partial charge in [-0.15, -0.1) is 0 Å². The lowest BCUT2D eigenvalue weighted by molar-refractivity contribution is 0.0716. The van der Waals surface area contributed by atoms with Crippen LogP contribution < -0.4 is 0 Å². The maximum Gasteiger partial charge on any atom is 0.290 e. The first-order chi connectivity index (χ1) is 8.95. The molecule has 2 rings (SSSR count). The fourth-order valence-electron chi connectivity index (χ4n) is 1.87. The minimum atomic E-state index is -3.29. The number of rotatable bonds is 3. The quantitative estimate of drug-likeness (QED) is 0.816. The highest BCUT2D eigenvalue weighted by molar-refractivity contribution is 9.10. The lowest BCUT2D eigenvalue weighted by Gasteiger charge is -2.34. The number of carbonyl (C=O) groups is 1. The Labute approximate surface area is 124 Å². The van der Waals surface area contributed by atoms with E-state index in [0.717, 1.165) is 5.75 Å². The van der Waals surface area contributed by atoms with Crippen molar-refractivity contribution in [2.24, 2.45) is 0 Å². The van der Waals surface area contributed by atoms with E-state index in [9.17, 15) is 13.2 Å². The number of carbonyl (C=O) groups excluding carboxylic acids is 1. The molecule has 1 saturated heterocycles. The summed E-state index contributed by atoms with van der Waals surface area (Å²) in [7, 11) is -3.29. The summed E-state index contributed by atoms with van der Waals surface area (Å²) in [6.45, 7) is 2.02. The van der Waals surface area contributed by atoms with Crippen LogP contribution >= 0.6 is 27.7 Å². The zero-order valence-corrected chi connectivity index (χ0v) is 13.6. The lowest BCUT2D eigenvalue weighted by Crippen LogP contribution is -2.50. The number of thioether (sulfide) groups is 1. The Morgan fingerprint density at radius 2 is 2.32 bits per heavy atom. The van der Waals surface area contributed by atoms with Gasteiger partial charge in [0.2, 0.25) is 0 Å². The first kappa shape index (κ1) is 14.9. The molecule has 1 atom stereocenters. The first-order valence-corrected chi connectivity index (χ1v) is 9.47. The zero-order valence-electron chi connectivity index (χ0n) is 10.3. The van der Waals surface area contributed by atoms with Crippen molar-refractivity contribution in [3.05, 3.63) is 22.6 Å². The molecule has 1 aromatic rings.